The van der Waals surface area contributed by atoms with Gasteiger partial charge in [-0.25, -0.2) is 0 Å². The first-order valence-corrected chi connectivity index (χ1v) is 10.7. The van der Waals surface area contributed by atoms with Crippen molar-refractivity contribution >= 4 is 23.0 Å². The summed E-state index contributed by atoms with van der Waals surface area (Å²) in [5, 5.41) is 33.5. The number of likely N-dealkylation sites (N-methyl/N-ethyl adjacent to an activating group) is 1. The molecule has 173 valence electrons. The van der Waals surface area contributed by atoms with Gasteiger partial charge in [-0.3, -0.25) is 25.0 Å². The average Bonchev–Trinajstić information content (AvgIpc) is 2.73. The lowest BCUT2D eigenvalue weighted by molar-refractivity contribution is -0.136. The highest BCUT2D eigenvalue weighted by atomic mass is 16.3. The molecule has 3 aliphatic rings. The summed E-state index contributed by atoms with van der Waals surface area (Å²) in [5.41, 5.74) is 7.81. The molecule has 33 heavy (non-hydrogen) atoms. The Bertz CT molecular complexity index is 1190. The van der Waals surface area contributed by atoms with Crippen LogP contribution in [0.2, 0.25) is 0 Å². The van der Waals surface area contributed by atoms with Crippen LogP contribution in [0.5, 0.6) is 0 Å². The molecule has 1 radical (unpaired) electrons. The molecule has 0 bridgehead atoms. The lowest BCUT2D eigenvalue weighted by Crippen LogP contribution is -2.64. The highest BCUT2D eigenvalue weighted by molar-refractivity contribution is 6.22. The molecule has 0 fully saturated rings. The lowest BCUT2D eigenvalue weighted by atomic mass is 9.50. The molecule has 1 amide bonds. The molecular weight excluding hydrogens is 424 g/mol. The van der Waals surface area contributed by atoms with Crippen LogP contribution in [-0.4, -0.2) is 70.5 Å². The van der Waals surface area contributed by atoms with Gasteiger partial charge in [0.25, 0.3) is 5.91 Å². The second-order valence-electron chi connectivity index (χ2n) is 9.34. The summed E-state index contributed by atoms with van der Waals surface area (Å²) in [6, 6.07) is 4.23. The van der Waals surface area contributed by atoms with Crippen LogP contribution in [0.25, 0.3) is 5.57 Å². The van der Waals surface area contributed by atoms with Crippen molar-refractivity contribution in [2.24, 2.45) is 17.3 Å². The number of carbonyl (C=O) groups is 3. The number of nitrogens with one attached hydrogen (secondary N) is 1. The molecule has 1 unspecified atom stereocenters. The van der Waals surface area contributed by atoms with E-state index in [1.54, 1.807) is 46.1 Å². The Kier molecular flexibility index (Phi) is 5.24. The monoisotopic (exact) mass is 451 g/mol. The number of amides is 1. The van der Waals surface area contributed by atoms with Crippen LogP contribution >= 0.6 is 0 Å². The maximum absolute atomic E-state index is 13.7. The third-order valence-electron chi connectivity index (χ3n) is 7.68. The van der Waals surface area contributed by atoms with Crippen molar-refractivity contribution in [1.29, 1.82) is 0 Å². The number of aliphatic hydroxyl groups excluding tert-OH is 3. The molecule has 0 aromatic heterocycles. The van der Waals surface area contributed by atoms with Crippen LogP contribution in [0, 0.1) is 24.2 Å². The van der Waals surface area contributed by atoms with Crippen LogP contribution in [0.3, 0.4) is 0 Å². The second kappa shape index (κ2) is 7.48. The lowest BCUT2D eigenvalue weighted by Gasteiger charge is -2.56. The first-order valence-electron chi connectivity index (χ1n) is 10.7. The Labute approximate surface area is 191 Å². The fourth-order valence-corrected chi connectivity index (χ4v) is 6.14. The topological polar surface area (TPSA) is 139 Å². The van der Waals surface area contributed by atoms with Crippen molar-refractivity contribution in [1.82, 2.24) is 10.6 Å². The molecule has 8 heteroatoms. The van der Waals surface area contributed by atoms with Gasteiger partial charge in [0.1, 0.15) is 11.3 Å². The number of hydrogen-bond acceptors (Lipinski definition) is 7. The zero-order chi connectivity index (χ0) is 24.6. The van der Waals surface area contributed by atoms with Gasteiger partial charge in [0.05, 0.1) is 24.2 Å². The molecule has 0 saturated carbocycles. The zero-order valence-corrected chi connectivity index (χ0v) is 19.0. The normalized spacial score (nSPS) is 31.5. The van der Waals surface area contributed by atoms with E-state index in [-0.39, 0.29) is 16.9 Å². The number of aryl methyl sites for hydroxylation is 1. The van der Waals surface area contributed by atoms with E-state index >= 15 is 0 Å². The number of aliphatic hydroxyl groups is 3. The van der Waals surface area contributed by atoms with E-state index < -0.39 is 59.0 Å². The molecule has 4 rings (SSSR count). The fraction of sp³-hybridized carbons (Fsp3) is 0.400. The van der Waals surface area contributed by atoms with Crippen molar-refractivity contribution < 1.29 is 29.7 Å². The fourth-order valence-electron chi connectivity index (χ4n) is 6.14. The van der Waals surface area contributed by atoms with Crippen LogP contribution in [0.4, 0.5) is 0 Å². The maximum Gasteiger partial charge on any atom is 0.276 e. The number of ketones is 2. The average molecular weight is 451 g/mol. The van der Waals surface area contributed by atoms with Gasteiger partial charge in [-0.05, 0) is 50.2 Å². The zero-order valence-electron chi connectivity index (χ0n) is 19.0. The summed E-state index contributed by atoms with van der Waals surface area (Å²) in [6.07, 6.45) is -1.37. The van der Waals surface area contributed by atoms with Gasteiger partial charge in [-0.15, -0.1) is 0 Å². The molecule has 0 heterocycles. The van der Waals surface area contributed by atoms with E-state index in [1.807, 2.05) is 0 Å². The standard InChI is InChI=1S/C25H27N2O6/c1-10-7-6-8-13-11(2)15-16(20(29)14(10)13)12(3)25(9-28)18(21(15)30)19(27(4)5)22(31)17(23(25)32)24(26)33/h6-8,15,18-19,21,26,28,30,32H,2,9H2,1,3-5H3/t15-,18-,19+,21+,25?/m1/s1. The van der Waals surface area contributed by atoms with E-state index in [9.17, 15) is 29.7 Å². The minimum atomic E-state index is -1.78. The van der Waals surface area contributed by atoms with Crippen molar-refractivity contribution in [3.05, 3.63) is 63.9 Å². The third kappa shape index (κ3) is 2.71. The highest BCUT2D eigenvalue weighted by Crippen LogP contribution is 2.59. The van der Waals surface area contributed by atoms with Gasteiger partial charge < -0.3 is 15.3 Å². The minimum Gasteiger partial charge on any atom is -0.510 e. The third-order valence-corrected chi connectivity index (χ3v) is 7.68. The molecule has 4 N–H and O–H groups in total. The van der Waals surface area contributed by atoms with Gasteiger partial charge >= 0.3 is 0 Å². The summed E-state index contributed by atoms with van der Waals surface area (Å²) in [4.78, 5) is 40.6. The van der Waals surface area contributed by atoms with E-state index in [2.05, 4.69) is 6.58 Å². The molecule has 0 aliphatic heterocycles. The SMILES string of the molecule is C=C1c2cccc(C)c2C(=O)C2=C(C)C3(CO)C(O)=C(C([NH])=O)C(=O)[C@@H](N(C)C)[C@@H]3[C@@H](O)[C@H]12. The number of carbonyl (C=O) groups excluding carboxylic acids is 3. The minimum absolute atomic E-state index is 0.190. The number of hydrogen-bond donors (Lipinski definition) is 3. The van der Waals surface area contributed by atoms with Crippen molar-refractivity contribution in [3.63, 3.8) is 0 Å². The number of fused-ring (bicyclic) bond motifs is 3. The first kappa shape index (κ1) is 23.1. The largest absolute Gasteiger partial charge is 0.510 e. The summed E-state index contributed by atoms with van der Waals surface area (Å²) >= 11 is 0. The smallest absolute Gasteiger partial charge is 0.276 e. The molecule has 1 aromatic carbocycles. The molecule has 0 saturated heterocycles. The Morgan fingerprint density at radius 3 is 2.42 bits per heavy atom. The number of nitrogens with zero attached hydrogens (tertiary/aromatic N) is 1. The Morgan fingerprint density at radius 2 is 1.88 bits per heavy atom. The summed E-state index contributed by atoms with van der Waals surface area (Å²) in [6.45, 7) is 6.76. The number of Topliss-reactive ketones (excluding diaryl/α,β-unsaturated/α-hetero) is 2. The highest BCUT2D eigenvalue weighted by Gasteiger charge is 2.64. The van der Waals surface area contributed by atoms with Crippen molar-refractivity contribution in [3.8, 4) is 0 Å². The van der Waals surface area contributed by atoms with Gasteiger partial charge in [-0.1, -0.05) is 24.8 Å². The van der Waals surface area contributed by atoms with E-state index in [0.717, 1.165) is 5.56 Å². The second-order valence-corrected chi connectivity index (χ2v) is 9.34. The van der Waals surface area contributed by atoms with Crippen molar-refractivity contribution in [2.75, 3.05) is 20.7 Å². The quantitative estimate of drug-likeness (QED) is 0.588. The molecule has 3 aliphatic carbocycles. The van der Waals surface area contributed by atoms with Gasteiger partial charge in [-0.2, -0.15) is 0 Å². The van der Waals surface area contributed by atoms with Crippen molar-refractivity contribution in [2.45, 2.75) is 26.0 Å². The predicted molar refractivity (Wildman–Crippen MR) is 120 cm³/mol. The Hall–Kier alpha value is -3.07. The summed E-state index contributed by atoms with van der Waals surface area (Å²) in [5.74, 6) is -5.25. The summed E-state index contributed by atoms with van der Waals surface area (Å²) in [7, 11) is 3.17. The molecule has 8 nitrogen and oxygen atoms in total. The Morgan fingerprint density at radius 1 is 1.24 bits per heavy atom. The molecule has 5 atom stereocenters. The maximum atomic E-state index is 13.7. The molecular formula is C25H27N2O6. The van der Waals surface area contributed by atoms with E-state index in [4.69, 9.17) is 5.73 Å². The Balaban J connectivity index is 2.14. The van der Waals surface area contributed by atoms with Gasteiger partial charge in [0.15, 0.2) is 11.6 Å². The molecule has 1 aromatic rings. The van der Waals surface area contributed by atoms with Gasteiger partial charge in [0, 0.05) is 23.0 Å². The first-order chi connectivity index (χ1) is 15.4. The van der Waals surface area contributed by atoms with E-state index in [0.29, 0.717) is 16.7 Å². The summed E-state index contributed by atoms with van der Waals surface area (Å²) < 4.78 is 0. The molecule has 0 spiro atoms. The number of benzene rings is 1. The van der Waals surface area contributed by atoms with Crippen LogP contribution in [0.1, 0.15) is 28.4 Å². The van der Waals surface area contributed by atoms with Crippen LogP contribution < -0.4 is 5.73 Å². The van der Waals surface area contributed by atoms with Gasteiger partial charge in [0.2, 0.25) is 0 Å². The van der Waals surface area contributed by atoms with Crippen LogP contribution in [0.15, 0.2) is 47.3 Å². The predicted octanol–water partition coefficient (Wildman–Crippen LogP) is 1.24. The van der Waals surface area contributed by atoms with Crippen LogP contribution in [-0.2, 0) is 9.59 Å². The number of rotatable bonds is 3. The van der Waals surface area contributed by atoms with E-state index in [1.165, 1.54) is 4.90 Å².